The first kappa shape index (κ1) is 16.0. The predicted molar refractivity (Wildman–Crippen MR) is 83.9 cm³/mol. The first-order chi connectivity index (χ1) is 10.2. The quantitative estimate of drug-likeness (QED) is 0.848. The summed E-state index contributed by atoms with van der Waals surface area (Å²) in [5.74, 6) is 0.879. The summed E-state index contributed by atoms with van der Waals surface area (Å²) in [6, 6.07) is 1.65. The Balaban J connectivity index is 1.88. The Bertz CT molecular complexity index is 476. The van der Waals surface area contributed by atoms with Crippen LogP contribution in [0.3, 0.4) is 0 Å². The highest BCUT2D eigenvalue weighted by Crippen LogP contribution is 2.20. The van der Waals surface area contributed by atoms with E-state index in [2.05, 4.69) is 22.5 Å². The second-order valence-corrected chi connectivity index (χ2v) is 5.68. The lowest BCUT2D eigenvalue weighted by molar-refractivity contribution is 0.0536. The zero-order valence-corrected chi connectivity index (χ0v) is 13.1. The van der Waals surface area contributed by atoms with Gasteiger partial charge in [-0.05, 0) is 31.2 Å². The Morgan fingerprint density at radius 2 is 2.43 bits per heavy atom. The van der Waals surface area contributed by atoms with Crippen molar-refractivity contribution < 1.29 is 9.53 Å². The molecule has 1 aromatic heterocycles. The molecule has 0 aromatic carbocycles. The van der Waals surface area contributed by atoms with Crippen molar-refractivity contribution in [2.24, 2.45) is 5.92 Å². The van der Waals surface area contributed by atoms with Crippen LogP contribution in [-0.2, 0) is 4.74 Å². The fraction of sp³-hybridized carbons (Fsp3) is 0.600. The molecule has 1 atom stereocenters. The monoisotopic (exact) mass is 311 g/mol. The summed E-state index contributed by atoms with van der Waals surface area (Å²) in [5, 5.41) is 6.51. The minimum Gasteiger partial charge on any atom is -0.381 e. The summed E-state index contributed by atoms with van der Waals surface area (Å²) in [7, 11) is 0. The van der Waals surface area contributed by atoms with E-state index >= 15 is 0 Å². The van der Waals surface area contributed by atoms with Gasteiger partial charge in [0.2, 0.25) is 0 Å². The number of carbonyl (C=O) groups is 1. The van der Waals surface area contributed by atoms with Crippen molar-refractivity contribution in [3.63, 3.8) is 0 Å². The van der Waals surface area contributed by atoms with Gasteiger partial charge in [0, 0.05) is 25.9 Å². The van der Waals surface area contributed by atoms with E-state index in [0.29, 0.717) is 28.9 Å². The minimum atomic E-state index is -0.142. The maximum Gasteiger partial charge on any atom is 0.252 e. The van der Waals surface area contributed by atoms with Crippen LogP contribution in [-0.4, -0.2) is 37.2 Å². The summed E-state index contributed by atoms with van der Waals surface area (Å²) < 4.78 is 5.40. The molecule has 0 bridgehead atoms. The highest BCUT2D eigenvalue weighted by atomic mass is 35.5. The lowest BCUT2D eigenvalue weighted by Crippen LogP contribution is -2.33. The summed E-state index contributed by atoms with van der Waals surface area (Å²) in [5.41, 5.74) is 0.485. The van der Waals surface area contributed by atoms with Crippen molar-refractivity contribution in [1.29, 1.82) is 0 Å². The van der Waals surface area contributed by atoms with Crippen molar-refractivity contribution >= 4 is 23.3 Å². The largest absolute Gasteiger partial charge is 0.381 e. The van der Waals surface area contributed by atoms with E-state index in [4.69, 9.17) is 16.3 Å². The van der Waals surface area contributed by atoms with Crippen molar-refractivity contribution in [3.05, 3.63) is 22.8 Å². The standard InChI is InChI=1S/C15H22ClN3O2/c1-2-5-17-14-13(16)7-12(9-18-14)15(20)19-8-11-4-3-6-21-10-11/h7,9,11H,2-6,8,10H2,1H3,(H,17,18)(H,19,20). The zero-order chi connectivity index (χ0) is 15.1. The van der Waals surface area contributed by atoms with Gasteiger partial charge in [-0.3, -0.25) is 4.79 Å². The Morgan fingerprint density at radius 3 is 3.10 bits per heavy atom. The minimum absolute atomic E-state index is 0.142. The molecular weight excluding hydrogens is 290 g/mol. The number of aromatic nitrogens is 1. The Kier molecular flexibility index (Phi) is 6.26. The molecule has 1 amide bonds. The summed E-state index contributed by atoms with van der Waals surface area (Å²) in [6.07, 6.45) is 4.70. The third-order valence-corrected chi connectivity index (χ3v) is 3.74. The third-order valence-electron chi connectivity index (χ3n) is 3.45. The number of ether oxygens (including phenoxy) is 1. The molecule has 0 aliphatic carbocycles. The molecule has 0 radical (unpaired) electrons. The van der Waals surface area contributed by atoms with Crippen molar-refractivity contribution in [2.75, 3.05) is 31.6 Å². The number of hydrogen-bond donors (Lipinski definition) is 2. The smallest absolute Gasteiger partial charge is 0.252 e. The van der Waals surface area contributed by atoms with Gasteiger partial charge in [0.15, 0.2) is 0 Å². The molecule has 5 nitrogen and oxygen atoms in total. The SMILES string of the molecule is CCCNc1ncc(C(=O)NCC2CCCOC2)cc1Cl. The fourth-order valence-electron chi connectivity index (χ4n) is 2.24. The topological polar surface area (TPSA) is 63.2 Å². The van der Waals surface area contributed by atoms with Crippen molar-refractivity contribution in [3.8, 4) is 0 Å². The molecule has 0 saturated carbocycles. The number of halogens is 1. The molecule has 1 aliphatic rings. The van der Waals surface area contributed by atoms with Gasteiger partial charge in [0.05, 0.1) is 17.2 Å². The summed E-state index contributed by atoms with van der Waals surface area (Å²) in [4.78, 5) is 16.3. The van der Waals surface area contributed by atoms with Gasteiger partial charge < -0.3 is 15.4 Å². The maximum atomic E-state index is 12.1. The molecule has 2 N–H and O–H groups in total. The van der Waals surface area contributed by atoms with Crippen LogP contribution < -0.4 is 10.6 Å². The van der Waals surface area contributed by atoms with Gasteiger partial charge in [0.1, 0.15) is 5.82 Å². The summed E-state index contributed by atoms with van der Waals surface area (Å²) >= 11 is 6.13. The third kappa shape index (κ3) is 4.86. The number of anilines is 1. The van der Waals surface area contributed by atoms with Crippen LogP contribution in [0.25, 0.3) is 0 Å². The molecule has 1 saturated heterocycles. The molecule has 1 aliphatic heterocycles. The number of carbonyl (C=O) groups excluding carboxylic acids is 1. The van der Waals surface area contributed by atoms with Crippen molar-refractivity contribution in [2.45, 2.75) is 26.2 Å². The Morgan fingerprint density at radius 1 is 1.57 bits per heavy atom. The molecule has 0 spiro atoms. The normalized spacial score (nSPS) is 18.3. The maximum absolute atomic E-state index is 12.1. The van der Waals surface area contributed by atoms with Crippen LogP contribution in [0.4, 0.5) is 5.82 Å². The number of hydrogen-bond acceptors (Lipinski definition) is 4. The van der Waals surface area contributed by atoms with Crippen LogP contribution in [0, 0.1) is 5.92 Å². The van der Waals surface area contributed by atoms with Gasteiger partial charge in [-0.25, -0.2) is 4.98 Å². The van der Waals surface area contributed by atoms with E-state index < -0.39 is 0 Å². The average Bonchev–Trinajstić information content (AvgIpc) is 2.52. The highest BCUT2D eigenvalue weighted by molar-refractivity contribution is 6.33. The fourth-order valence-corrected chi connectivity index (χ4v) is 2.48. The number of pyridine rings is 1. The first-order valence-corrected chi connectivity index (χ1v) is 7.84. The number of rotatable bonds is 6. The van der Waals surface area contributed by atoms with Crippen molar-refractivity contribution in [1.82, 2.24) is 10.3 Å². The molecule has 21 heavy (non-hydrogen) atoms. The first-order valence-electron chi connectivity index (χ1n) is 7.46. The number of amides is 1. The predicted octanol–water partition coefficient (Wildman–Crippen LogP) is 2.71. The van der Waals surface area contributed by atoms with Gasteiger partial charge in [-0.15, -0.1) is 0 Å². The summed E-state index contributed by atoms with van der Waals surface area (Å²) in [6.45, 7) is 5.05. The van der Waals surface area contributed by atoms with Crippen LogP contribution in [0.1, 0.15) is 36.5 Å². The van der Waals surface area contributed by atoms with E-state index in [1.807, 2.05) is 0 Å². The van der Waals surface area contributed by atoms with Crippen LogP contribution in [0.2, 0.25) is 5.02 Å². The lowest BCUT2D eigenvalue weighted by Gasteiger charge is -2.22. The molecule has 2 rings (SSSR count). The van der Waals surface area contributed by atoms with E-state index in [-0.39, 0.29) is 5.91 Å². The molecule has 6 heteroatoms. The van der Waals surface area contributed by atoms with Crippen LogP contribution >= 0.6 is 11.6 Å². The zero-order valence-electron chi connectivity index (χ0n) is 12.3. The van der Waals surface area contributed by atoms with E-state index in [9.17, 15) is 4.79 Å². The van der Waals surface area contributed by atoms with Gasteiger partial charge in [0.25, 0.3) is 5.91 Å². The van der Waals surface area contributed by atoms with Gasteiger partial charge in [-0.2, -0.15) is 0 Å². The number of nitrogens with one attached hydrogen (secondary N) is 2. The molecule has 1 aromatic rings. The second kappa shape index (κ2) is 8.20. The highest BCUT2D eigenvalue weighted by Gasteiger charge is 2.16. The molecule has 2 heterocycles. The second-order valence-electron chi connectivity index (χ2n) is 5.27. The Labute approximate surface area is 130 Å². The molecule has 1 unspecified atom stereocenters. The Hall–Kier alpha value is -1.33. The van der Waals surface area contributed by atoms with E-state index in [1.54, 1.807) is 12.3 Å². The average molecular weight is 312 g/mol. The van der Waals surface area contributed by atoms with E-state index in [0.717, 1.165) is 39.0 Å². The number of nitrogens with zero attached hydrogens (tertiary/aromatic N) is 1. The van der Waals surface area contributed by atoms with Crippen LogP contribution in [0.15, 0.2) is 12.3 Å². The molecular formula is C15H22ClN3O2. The van der Waals surface area contributed by atoms with E-state index in [1.165, 1.54) is 0 Å². The molecule has 1 fully saturated rings. The molecule has 116 valence electrons. The van der Waals surface area contributed by atoms with Crippen LogP contribution in [0.5, 0.6) is 0 Å². The lowest BCUT2D eigenvalue weighted by atomic mass is 10.0. The van der Waals surface area contributed by atoms with Gasteiger partial charge >= 0.3 is 0 Å². The van der Waals surface area contributed by atoms with Gasteiger partial charge in [-0.1, -0.05) is 18.5 Å².